The van der Waals surface area contributed by atoms with Crippen molar-refractivity contribution in [2.24, 2.45) is 11.3 Å². The van der Waals surface area contributed by atoms with E-state index < -0.39 is 0 Å². The summed E-state index contributed by atoms with van der Waals surface area (Å²) in [5.41, 5.74) is 2.80. The van der Waals surface area contributed by atoms with E-state index in [9.17, 15) is 4.79 Å². The third-order valence-electron chi connectivity index (χ3n) is 4.96. The van der Waals surface area contributed by atoms with Crippen LogP contribution in [0.25, 0.3) is 0 Å². The standard InChI is InChI=1S/C15H31N3O/c1-3-15(4-2)9-12-18(13-10-15)11-7-5-6-8-14(19)17-16/h3-13,16H2,1-2H3,(H,17,19). The zero-order valence-electron chi connectivity index (χ0n) is 12.7. The van der Waals surface area contributed by atoms with Crippen molar-refractivity contribution in [3.63, 3.8) is 0 Å². The first kappa shape index (κ1) is 16.4. The van der Waals surface area contributed by atoms with Gasteiger partial charge in [-0.25, -0.2) is 5.84 Å². The van der Waals surface area contributed by atoms with Crippen molar-refractivity contribution in [2.45, 2.75) is 65.2 Å². The van der Waals surface area contributed by atoms with E-state index in [1.54, 1.807) is 0 Å². The second kappa shape index (κ2) is 8.54. The second-order valence-electron chi connectivity index (χ2n) is 5.93. The Hall–Kier alpha value is -0.610. The van der Waals surface area contributed by atoms with Crippen molar-refractivity contribution >= 4 is 5.91 Å². The summed E-state index contributed by atoms with van der Waals surface area (Å²) in [6.07, 6.45) is 9.19. The van der Waals surface area contributed by atoms with Crippen LogP contribution in [0.4, 0.5) is 0 Å². The number of hydrazine groups is 1. The molecule has 0 aromatic heterocycles. The summed E-state index contributed by atoms with van der Waals surface area (Å²) in [7, 11) is 0. The molecule has 0 unspecified atom stereocenters. The molecule has 1 aliphatic heterocycles. The van der Waals surface area contributed by atoms with Crippen LogP contribution in [-0.4, -0.2) is 30.4 Å². The van der Waals surface area contributed by atoms with Crippen LogP contribution in [0.15, 0.2) is 0 Å². The number of rotatable bonds is 8. The summed E-state index contributed by atoms with van der Waals surface area (Å²) >= 11 is 0. The molecule has 1 aliphatic rings. The molecule has 0 atom stereocenters. The van der Waals surface area contributed by atoms with Crippen LogP contribution >= 0.6 is 0 Å². The van der Waals surface area contributed by atoms with E-state index in [1.165, 1.54) is 51.7 Å². The first-order chi connectivity index (χ1) is 9.15. The fourth-order valence-electron chi connectivity index (χ4n) is 3.08. The largest absolute Gasteiger partial charge is 0.303 e. The zero-order valence-corrected chi connectivity index (χ0v) is 12.7. The fourth-order valence-corrected chi connectivity index (χ4v) is 3.08. The maximum atomic E-state index is 11.0. The van der Waals surface area contributed by atoms with Crippen molar-refractivity contribution in [2.75, 3.05) is 19.6 Å². The van der Waals surface area contributed by atoms with Crippen molar-refractivity contribution in [1.29, 1.82) is 0 Å². The van der Waals surface area contributed by atoms with Gasteiger partial charge in [-0.05, 0) is 50.7 Å². The van der Waals surface area contributed by atoms with Gasteiger partial charge < -0.3 is 4.90 Å². The molecule has 0 spiro atoms. The monoisotopic (exact) mass is 269 g/mol. The third kappa shape index (κ3) is 5.49. The highest BCUT2D eigenvalue weighted by Gasteiger charge is 2.30. The van der Waals surface area contributed by atoms with E-state index >= 15 is 0 Å². The molecule has 0 aromatic carbocycles. The lowest BCUT2D eigenvalue weighted by Crippen LogP contribution is -2.40. The van der Waals surface area contributed by atoms with E-state index in [-0.39, 0.29) is 5.91 Å². The Morgan fingerprint density at radius 3 is 2.32 bits per heavy atom. The second-order valence-corrected chi connectivity index (χ2v) is 5.93. The minimum absolute atomic E-state index is 0.0475. The fraction of sp³-hybridized carbons (Fsp3) is 0.933. The Morgan fingerprint density at radius 1 is 1.16 bits per heavy atom. The molecule has 1 heterocycles. The summed E-state index contributed by atoms with van der Waals surface area (Å²) in [5, 5.41) is 0. The van der Waals surface area contributed by atoms with E-state index in [4.69, 9.17) is 5.84 Å². The molecule has 112 valence electrons. The molecule has 0 bridgehead atoms. The van der Waals surface area contributed by atoms with Gasteiger partial charge in [-0.1, -0.05) is 33.1 Å². The topological polar surface area (TPSA) is 58.4 Å². The molecular weight excluding hydrogens is 238 g/mol. The van der Waals surface area contributed by atoms with Gasteiger partial charge in [-0.3, -0.25) is 10.2 Å². The minimum Gasteiger partial charge on any atom is -0.303 e. The van der Waals surface area contributed by atoms with Crippen molar-refractivity contribution < 1.29 is 4.79 Å². The number of nitrogens with one attached hydrogen (secondary N) is 1. The minimum atomic E-state index is -0.0475. The highest BCUT2D eigenvalue weighted by Crippen LogP contribution is 2.37. The smallest absolute Gasteiger partial charge is 0.233 e. The predicted octanol–water partition coefficient (Wildman–Crippen LogP) is 2.44. The van der Waals surface area contributed by atoms with Crippen LogP contribution in [0.1, 0.15) is 65.2 Å². The molecule has 19 heavy (non-hydrogen) atoms. The Balaban J connectivity index is 2.08. The van der Waals surface area contributed by atoms with Gasteiger partial charge in [0.15, 0.2) is 0 Å². The lowest BCUT2D eigenvalue weighted by molar-refractivity contribution is -0.121. The maximum Gasteiger partial charge on any atom is 0.233 e. The molecule has 0 aromatic rings. The van der Waals surface area contributed by atoms with Crippen LogP contribution in [0, 0.1) is 5.41 Å². The molecular formula is C15H31N3O. The van der Waals surface area contributed by atoms with Crippen LogP contribution in [0.5, 0.6) is 0 Å². The Bertz CT molecular complexity index is 254. The number of carbonyl (C=O) groups is 1. The van der Waals surface area contributed by atoms with Gasteiger partial charge in [0.1, 0.15) is 0 Å². The Labute approximate surface area is 118 Å². The Kier molecular flexibility index (Phi) is 7.39. The van der Waals surface area contributed by atoms with Crippen molar-refractivity contribution in [1.82, 2.24) is 10.3 Å². The molecule has 1 amide bonds. The Morgan fingerprint density at radius 2 is 1.79 bits per heavy atom. The summed E-state index contributed by atoms with van der Waals surface area (Å²) < 4.78 is 0. The van der Waals surface area contributed by atoms with E-state index in [0.717, 1.165) is 12.8 Å². The maximum absolute atomic E-state index is 11.0. The quantitative estimate of drug-likeness (QED) is 0.308. The lowest BCUT2D eigenvalue weighted by atomic mass is 9.74. The highest BCUT2D eigenvalue weighted by atomic mass is 16.2. The zero-order chi connectivity index (χ0) is 14.1. The number of likely N-dealkylation sites (tertiary alicyclic amines) is 1. The van der Waals surface area contributed by atoms with E-state index in [1.807, 2.05) is 0 Å². The first-order valence-corrected chi connectivity index (χ1v) is 7.87. The summed E-state index contributed by atoms with van der Waals surface area (Å²) in [6.45, 7) is 8.37. The van der Waals surface area contributed by atoms with Crippen LogP contribution in [0.3, 0.4) is 0 Å². The average molecular weight is 269 g/mol. The normalized spacial score (nSPS) is 19.3. The van der Waals surface area contributed by atoms with Crippen LogP contribution in [-0.2, 0) is 4.79 Å². The molecule has 0 aliphatic carbocycles. The number of hydrogen-bond donors (Lipinski definition) is 2. The molecule has 0 radical (unpaired) electrons. The van der Waals surface area contributed by atoms with E-state index in [2.05, 4.69) is 24.2 Å². The van der Waals surface area contributed by atoms with Gasteiger partial charge in [0, 0.05) is 6.42 Å². The predicted molar refractivity (Wildman–Crippen MR) is 79.5 cm³/mol. The van der Waals surface area contributed by atoms with Crippen molar-refractivity contribution in [3.8, 4) is 0 Å². The molecule has 4 nitrogen and oxygen atoms in total. The van der Waals surface area contributed by atoms with Crippen LogP contribution < -0.4 is 11.3 Å². The van der Waals surface area contributed by atoms with Gasteiger partial charge in [0.2, 0.25) is 5.91 Å². The van der Waals surface area contributed by atoms with Gasteiger partial charge in [0.25, 0.3) is 0 Å². The van der Waals surface area contributed by atoms with Gasteiger partial charge in [-0.15, -0.1) is 0 Å². The molecule has 1 rings (SSSR count). The number of nitrogens with zero attached hydrogens (tertiary/aromatic N) is 1. The number of amides is 1. The summed E-state index contributed by atoms with van der Waals surface area (Å²) in [6, 6.07) is 0. The van der Waals surface area contributed by atoms with Gasteiger partial charge in [-0.2, -0.15) is 0 Å². The van der Waals surface area contributed by atoms with Crippen LogP contribution in [0.2, 0.25) is 0 Å². The molecule has 1 fully saturated rings. The molecule has 1 saturated heterocycles. The molecule has 3 N–H and O–H groups in total. The van der Waals surface area contributed by atoms with Gasteiger partial charge in [0.05, 0.1) is 0 Å². The number of piperidine rings is 1. The number of carbonyl (C=O) groups excluding carboxylic acids is 1. The molecule has 0 saturated carbocycles. The number of unbranched alkanes of at least 4 members (excludes halogenated alkanes) is 2. The van der Waals surface area contributed by atoms with Gasteiger partial charge >= 0.3 is 0 Å². The third-order valence-corrected chi connectivity index (χ3v) is 4.96. The number of nitrogens with two attached hydrogens (primary N) is 1. The van der Waals surface area contributed by atoms with Crippen molar-refractivity contribution in [3.05, 3.63) is 0 Å². The summed E-state index contributed by atoms with van der Waals surface area (Å²) in [4.78, 5) is 13.6. The highest BCUT2D eigenvalue weighted by molar-refractivity contribution is 5.74. The summed E-state index contributed by atoms with van der Waals surface area (Å²) in [5.74, 6) is 5.00. The average Bonchev–Trinajstić information content (AvgIpc) is 2.47. The number of hydrogen-bond acceptors (Lipinski definition) is 3. The van der Waals surface area contributed by atoms with E-state index in [0.29, 0.717) is 11.8 Å². The molecule has 4 heteroatoms. The SMILES string of the molecule is CCC1(CC)CCN(CCCCCC(=O)NN)CC1. The first-order valence-electron chi connectivity index (χ1n) is 7.87. The lowest BCUT2D eigenvalue weighted by Gasteiger charge is -2.41.